The number of methoxy groups -OCH3 is 1. The number of hydrogen-bond donors (Lipinski definition) is 1. The van der Waals surface area contributed by atoms with Crippen LogP contribution in [0.1, 0.15) is 41.5 Å². The molecule has 0 saturated carbocycles. The highest BCUT2D eigenvalue weighted by Crippen LogP contribution is 2.47. The van der Waals surface area contributed by atoms with Gasteiger partial charge < -0.3 is 19.4 Å². The molecule has 4 rings (SSSR count). The van der Waals surface area contributed by atoms with E-state index in [4.69, 9.17) is 9.47 Å². The topological polar surface area (TPSA) is 52.5 Å². The smallest absolute Gasteiger partial charge is 0.354 e. The molecule has 5 heteroatoms. The molecule has 0 bridgehead atoms. The Morgan fingerprint density at radius 1 is 1.42 bits per heavy atom. The third-order valence-corrected chi connectivity index (χ3v) is 5.57. The number of fused-ring (bicyclic) bond motifs is 3. The molecule has 0 radical (unpaired) electrons. The lowest BCUT2D eigenvalue weighted by Gasteiger charge is -2.45. The zero-order chi connectivity index (χ0) is 16.7. The summed E-state index contributed by atoms with van der Waals surface area (Å²) in [6.07, 6.45) is 12.1. The van der Waals surface area contributed by atoms with Gasteiger partial charge in [0, 0.05) is 31.5 Å². The van der Waals surface area contributed by atoms with Crippen molar-refractivity contribution in [2.75, 3.05) is 19.0 Å². The van der Waals surface area contributed by atoms with Crippen molar-refractivity contribution in [1.29, 1.82) is 0 Å². The Kier molecular flexibility index (Phi) is 3.96. The summed E-state index contributed by atoms with van der Waals surface area (Å²) in [6.45, 7) is 0.784. The van der Waals surface area contributed by atoms with Crippen molar-refractivity contribution < 1.29 is 14.3 Å². The Morgan fingerprint density at radius 3 is 3.04 bits per heavy atom. The fraction of sp³-hybridized carbons (Fsp3) is 0.526. The zero-order valence-electron chi connectivity index (χ0n) is 14.2. The van der Waals surface area contributed by atoms with Gasteiger partial charge in [0.05, 0.1) is 18.5 Å². The van der Waals surface area contributed by atoms with E-state index in [2.05, 4.69) is 29.6 Å². The lowest BCUT2D eigenvalue weighted by atomic mass is 9.75. The molecule has 5 nitrogen and oxygen atoms in total. The average Bonchev–Trinajstić information content (AvgIpc) is 2.98. The van der Waals surface area contributed by atoms with Crippen LogP contribution in [0, 0.1) is 11.8 Å². The number of hydrogen-bond acceptors (Lipinski definition) is 4. The van der Waals surface area contributed by atoms with Crippen LogP contribution >= 0.6 is 0 Å². The molecule has 2 aliphatic heterocycles. The van der Waals surface area contributed by atoms with E-state index in [1.807, 2.05) is 17.7 Å². The molecule has 0 spiro atoms. The van der Waals surface area contributed by atoms with Gasteiger partial charge in [-0.3, -0.25) is 0 Å². The number of ether oxygens (including phenoxy) is 2. The standard InChI is InChI=1S/C19H24N2O3/c1-21-15(19(22)23-2)11-14-17(21)18-13(9-6-10-24-18)16(20-14)12-7-4-3-5-8-12/h3-5,7,11-13,16,18,20H,6,8-10H2,1-2H3/t12?,13-,16-,18-/m0/s1. The predicted octanol–water partition coefficient (Wildman–Crippen LogP) is 3.21. The maximum absolute atomic E-state index is 12.1. The van der Waals surface area contributed by atoms with Crippen LogP contribution in [0.4, 0.5) is 5.69 Å². The van der Waals surface area contributed by atoms with Crippen molar-refractivity contribution >= 4 is 11.7 Å². The Morgan fingerprint density at radius 2 is 2.29 bits per heavy atom. The van der Waals surface area contributed by atoms with E-state index in [1.165, 1.54) is 7.11 Å². The largest absolute Gasteiger partial charge is 0.464 e. The highest BCUT2D eigenvalue weighted by atomic mass is 16.5. The summed E-state index contributed by atoms with van der Waals surface area (Å²) in [5.74, 6) is 0.573. The summed E-state index contributed by atoms with van der Waals surface area (Å²) in [4.78, 5) is 12.1. The van der Waals surface area contributed by atoms with Crippen LogP contribution in [-0.2, 0) is 16.5 Å². The summed E-state index contributed by atoms with van der Waals surface area (Å²) in [5.41, 5.74) is 2.66. The van der Waals surface area contributed by atoms with E-state index in [-0.39, 0.29) is 12.1 Å². The molecule has 1 unspecified atom stereocenters. The van der Waals surface area contributed by atoms with Crippen LogP contribution in [0.3, 0.4) is 0 Å². The molecular formula is C19H24N2O3. The van der Waals surface area contributed by atoms with Gasteiger partial charge in [0.15, 0.2) is 0 Å². The number of carbonyl (C=O) groups is 1. The highest BCUT2D eigenvalue weighted by Gasteiger charge is 2.44. The number of aromatic nitrogens is 1. The van der Waals surface area contributed by atoms with Crippen LogP contribution in [-0.4, -0.2) is 30.3 Å². The van der Waals surface area contributed by atoms with Crippen LogP contribution in [0.5, 0.6) is 0 Å². The summed E-state index contributed by atoms with van der Waals surface area (Å²) < 4.78 is 13.0. The molecule has 1 aromatic heterocycles. The van der Waals surface area contributed by atoms with Gasteiger partial charge in [-0.15, -0.1) is 0 Å². The second kappa shape index (κ2) is 6.13. The number of carbonyl (C=O) groups excluding carboxylic acids is 1. The number of esters is 1. The SMILES string of the molecule is COC(=O)c1cc2c(n1C)[C@H]1OCCC[C@H]1[C@H](C1C=CC=CC1)N2. The van der Waals surface area contributed by atoms with E-state index in [9.17, 15) is 4.79 Å². The number of rotatable bonds is 2. The van der Waals surface area contributed by atoms with Crippen molar-refractivity contribution in [1.82, 2.24) is 4.57 Å². The Balaban J connectivity index is 1.74. The highest BCUT2D eigenvalue weighted by molar-refractivity contribution is 5.90. The summed E-state index contributed by atoms with van der Waals surface area (Å²) >= 11 is 0. The minimum atomic E-state index is -0.307. The third-order valence-electron chi connectivity index (χ3n) is 5.57. The summed E-state index contributed by atoms with van der Waals surface area (Å²) in [7, 11) is 3.34. The fourth-order valence-electron chi connectivity index (χ4n) is 4.41. The first-order chi connectivity index (χ1) is 11.7. The van der Waals surface area contributed by atoms with E-state index in [0.29, 0.717) is 23.6 Å². The Bertz CT molecular complexity index is 704. The van der Waals surface area contributed by atoms with E-state index in [1.54, 1.807) is 0 Å². The third kappa shape index (κ3) is 2.38. The first-order valence-corrected chi connectivity index (χ1v) is 8.70. The zero-order valence-corrected chi connectivity index (χ0v) is 14.2. The molecule has 1 aromatic rings. The minimum Gasteiger partial charge on any atom is -0.464 e. The van der Waals surface area contributed by atoms with Crippen LogP contribution in [0.2, 0.25) is 0 Å². The normalized spacial score (nSPS) is 31.1. The molecule has 24 heavy (non-hydrogen) atoms. The lowest BCUT2D eigenvalue weighted by molar-refractivity contribution is -0.0457. The monoisotopic (exact) mass is 328 g/mol. The van der Waals surface area contributed by atoms with Gasteiger partial charge in [0.1, 0.15) is 11.8 Å². The summed E-state index contributed by atoms with van der Waals surface area (Å²) in [6, 6.07) is 2.24. The van der Waals surface area contributed by atoms with Gasteiger partial charge in [0.2, 0.25) is 0 Å². The predicted molar refractivity (Wildman–Crippen MR) is 92.0 cm³/mol. The van der Waals surface area contributed by atoms with Gasteiger partial charge in [-0.05, 0) is 25.3 Å². The number of allylic oxidation sites excluding steroid dienone is 3. The molecule has 1 fully saturated rings. The Hall–Kier alpha value is -2.01. The van der Waals surface area contributed by atoms with E-state index < -0.39 is 0 Å². The minimum absolute atomic E-state index is 0.0442. The van der Waals surface area contributed by atoms with Gasteiger partial charge >= 0.3 is 5.97 Å². The molecule has 1 aliphatic carbocycles. The number of nitrogens with one attached hydrogen (secondary N) is 1. The summed E-state index contributed by atoms with van der Waals surface area (Å²) in [5, 5.41) is 3.71. The molecule has 128 valence electrons. The average molecular weight is 328 g/mol. The molecule has 3 heterocycles. The lowest BCUT2D eigenvalue weighted by Crippen LogP contribution is -2.45. The number of anilines is 1. The second-order valence-corrected chi connectivity index (χ2v) is 6.86. The van der Waals surface area contributed by atoms with Crippen LogP contribution in [0.25, 0.3) is 0 Å². The van der Waals surface area contributed by atoms with Crippen molar-refractivity contribution in [2.45, 2.75) is 31.4 Å². The molecule has 3 aliphatic rings. The van der Waals surface area contributed by atoms with E-state index in [0.717, 1.165) is 37.3 Å². The second-order valence-electron chi connectivity index (χ2n) is 6.86. The quantitative estimate of drug-likeness (QED) is 0.847. The van der Waals surface area contributed by atoms with Gasteiger partial charge in [-0.1, -0.05) is 24.3 Å². The fourth-order valence-corrected chi connectivity index (χ4v) is 4.41. The van der Waals surface area contributed by atoms with Crippen molar-refractivity contribution in [2.24, 2.45) is 18.9 Å². The maximum Gasteiger partial charge on any atom is 0.354 e. The van der Waals surface area contributed by atoms with Gasteiger partial charge in [-0.2, -0.15) is 0 Å². The molecule has 4 atom stereocenters. The van der Waals surface area contributed by atoms with Gasteiger partial charge in [-0.25, -0.2) is 4.79 Å². The Labute approximate surface area is 142 Å². The molecule has 0 aromatic carbocycles. The van der Waals surface area contributed by atoms with Gasteiger partial charge in [0.25, 0.3) is 0 Å². The molecule has 0 amide bonds. The molecule has 1 N–H and O–H groups in total. The molecule has 1 saturated heterocycles. The first kappa shape index (κ1) is 15.5. The van der Waals surface area contributed by atoms with Crippen molar-refractivity contribution in [3.8, 4) is 0 Å². The van der Waals surface area contributed by atoms with E-state index >= 15 is 0 Å². The first-order valence-electron chi connectivity index (χ1n) is 8.70. The van der Waals surface area contributed by atoms with Crippen LogP contribution in [0.15, 0.2) is 30.4 Å². The number of nitrogens with zero attached hydrogens (tertiary/aromatic N) is 1. The van der Waals surface area contributed by atoms with Crippen molar-refractivity contribution in [3.05, 3.63) is 41.8 Å². The maximum atomic E-state index is 12.1. The van der Waals surface area contributed by atoms with Crippen LogP contribution < -0.4 is 5.32 Å². The van der Waals surface area contributed by atoms with Crippen molar-refractivity contribution in [3.63, 3.8) is 0 Å². The molecular weight excluding hydrogens is 304 g/mol.